The summed E-state index contributed by atoms with van der Waals surface area (Å²) in [7, 11) is 1.66. The largest absolute Gasteiger partial charge is 0.381 e. The highest BCUT2D eigenvalue weighted by Crippen LogP contribution is 2.43. The van der Waals surface area contributed by atoms with Gasteiger partial charge in [-0.3, -0.25) is 5.32 Å². The van der Waals surface area contributed by atoms with Gasteiger partial charge >= 0.3 is 6.03 Å². The number of carbonyl (C=O) groups is 1. The minimum absolute atomic E-state index is 0.181. The molecule has 1 atom stereocenters. The first kappa shape index (κ1) is 29.5. The van der Waals surface area contributed by atoms with Gasteiger partial charge in [0.25, 0.3) is 0 Å². The van der Waals surface area contributed by atoms with E-state index < -0.39 is 5.54 Å². The van der Waals surface area contributed by atoms with E-state index in [4.69, 9.17) is 9.84 Å². The Morgan fingerprint density at radius 3 is 1.91 bits per heavy atom. The molecule has 2 aromatic heterocycles. The first-order chi connectivity index (χ1) is 22.1. The number of nitrogens with one attached hydrogen (secondary N) is 2. The SMILES string of the molecule is COCC=Cc1nn(C(c2ccccc2)(c2ccccc2)c2ccccc2)c2cc(NC(=O)NC(C)c3ccccc3)ncc12. The van der Waals surface area contributed by atoms with Gasteiger partial charge in [-0.05, 0) is 35.3 Å². The topological polar surface area (TPSA) is 81.1 Å². The fourth-order valence-electron chi connectivity index (χ4n) is 5.81. The summed E-state index contributed by atoms with van der Waals surface area (Å²) in [5, 5.41) is 12.1. The summed E-state index contributed by atoms with van der Waals surface area (Å²) in [6.07, 6.45) is 5.66. The number of ether oxygens (including phenoxy) is 1. The van der Waals surface area contributed by atoms with Gasteiger partial charge in [0.15, 0.2) is 0 Å². The summed E-state index contributed by atoms with van der Waals surface area (Å²) < 4.78 is 7.35. The van der Waals surface area contributed by atoms with Crippen molar-refractivity contribution < 1.29 is 9.53 Å². The molecule has 0 bridgehead atoms. The van der Waals surface area contributed by atoms with Gasteiger partial charge in [-0.2, -0.15) is 5.10 Å². The van der Waals surface area contributed by atoms with Crippen molar-refractivity contribution in [3.8, 4) is 0 Å². The van der Waals surface area contributed by atoms with Crippen LogP contribution in [0.3, 0.4) is 0 Å². The van der Waals surface area contributed by atoms with E-state index in [1.807, 2.05) is 110 Å². The van der Waals surface area contributed by atoms with Crippen molar-refractivity contribution in [3.63, 3.8) is 0 Å². The zero-order chi connectivity index (χ0) is 31.1. The number of benzene rings is 4. The van der Waals surface area contributed by atoms with Gasteiger partial charge in [-0.25, -0.2) is 14.5 Å². The Morgan fingerprint density at radius 2 is 1.38 bits per heavy atom. The molecule has 0 saturated carbocycles. The lowest BCUT2D eigenvalue weighted by Crippen LogP contribution is -2.38. The summed E-state index contributed by atoms with van der Waals surface area (Å²) in [5.74, 6) is 0.414. The van der Waals surface area contributed by atoms with E-state index in [1.165, 1.54) is 0 Å². The van der Waals surface area contributed by atoms with Crippen LogP contribution < -0.4 is 10.6 Å². The molecule has 224 valence electrons. The van der Waals surface area contributed by atoms with Gasteiger partial charge in [0.1, 0.15) is 11.4 Å². The van der Waals surface area contributed by atoms with Crippen LogP contribution in [0.2, 0.25) is 0 Å². The number of nitrogens with zero attached hydrogens (tertiary/aromatic N) is 3. The maximum Gasteiger partial charge on any atom is 0.320 e. The summed E-state index contributed by atoms with van der Waals surface area (Å²) in [6, 6.07) is 42.4. The predicted octanol–water partition coefficient (Wildman–Crippen LogP) is 7.81. The highest BCUT2D eigenvalue weighted by Gasteiger charge is 2.40. The predicted molar refractivity (Wildman–Crippen MR) is 180 cm³/mol. The number of hydrogen-bond donors (Lipinski definition) is 2. The number of fused-ring (bicyclic) bond motifs is 1. The Labute approximate surface area is 263 Å². The lowest BCUT2D eigenvalue weighted by molar-refractivity contribution is 0.234. The van der Waals surface area contributed by atoms with Crippen LogP contribution in [0.25, 0.3) is 17.0 Å². The first-order valence-electron chi connectivity index (χ1n) is 14.9. The van der Waals surface area contributed by atoms with Gasteiger partial charge < -0.3 is 10.1 Å². The molecule has 0 fully saturated rings. The van der Waals surface area contributed by atoms with Crippen LogP contribution in [-0.4, -0.2) is 34.5 Å². The lowest BCUT2D eigenvalue weighted by Gasteiger charge is -2.37. The van der Waals surface area contributed by atoms with Crippen molar-refractivity contribution in [2.75, 3.05) is 19.0 Å². The number of rotatable bonds is 10. The number of methoxy groups -OCH3 is 1. The molecular weight excluding hydrogens is 558 g/mol. The van der Waals surface area contributed by atoms with Gasteiger partial charge in [0.2, 0.25) is 0 Å². The Morgan fingerprint density at radius 1 is 0.844 bits per heavy atom. The fourth-order valence-corrected chi connectivity index (χ4v) is 5.81. The van der Waals surface area contributed by atoms with Crippen LogP contribution in [0.5, 0.6) is 0 Å². The van der Waals surface area contributed by atoms with Crippen molar-refractivity contribution in [3.05, 3.63) is 168 Å². The Kier molecular flexibility index (Phi) is 8.80. The van der Waals surface area contributed by atoms with Crippen LogP contribution in [0, 0.1) is 0 Å². The van der Waals surface area contributed by atoms with E-state index in [1.54, 1.807) is 13.3 Å². The number of hydrogen-bond acceptors (Lipinski definition) is 4. The number of amides is 2. The van der Waals surface area contributed by atoms with E-state index in [0.717, 1.165) is 38.9 Å². The monoisotopic (exact) mass is 593 g/mol. The van der Waals surface area contributed by atoms with E-state index in [2.05, 4.69) is 56.7 Å². The molecule has 6 aromatic rings. The second-order valence-electron chi connectivity index (χ2n) is 10.8. The zero-order valence-electron chi connectivity index (χ0n) is 25.3. The molecule has 0 radical (unpaired) electrons. The molecule has 0 spiro atoms. The molecule has 1 unspecified atom stereocenters. The fraction of sp³-hybridized carbons (Fsp3) is 0.132. The van der Waals surface area contributed by atoms with Crippen molar-refractivity contribution >= 4 is 28.8 Å². The lowest BCUT2D eigenvalue weighted by atomic mass is 9.77. The summed E-state index contributed by atoms with van der Waals surface area (Å²) in [4.78, 5) is 17.8. The third-order valence-corrected chi connectivity index (χ3v) is 7.91. The Hall–Kier alpha value is -5.53. The van der Waals surface area contributed by atoms with Gasteiger partial charge in [-0.15, -0.1) is 0 Å². The quantitative estimate of drug-likeness (QED) is 0.159. The maximum absolute atomic E-state index is 13.1. The molecule has 2 N–H and O–H groups in total. The minimum atomic E-state index is -0.849. The van der Waals surface area contributed by atoms with Crippen molar-refractivity contribution in [2.24, 2.45) is 0 Å². The van der Waals surface area contributed by atoms with Gasteiger partial charge in [-0.1, -0.05) is 127 Å². The molecule has 2 amide bonds. The Balaban J connectivity index is 1.54. The highest BCUT2D eigenvalue weighted by atomic mass is 16.5. The molecule has 0 aliphatic carbocycles. The van der Waals surface area contributed by atoms with Crippen LogP contribution in [0.15, 0.2) is 140 Å². The number of carbonyl (C=O) groups excluding carboxylic acids is 1. The molecular formula is C38H35N5O2. The van der Waals surface area contributed by atoms with Crippen LogP contribution in [-0.2, 0) is 10.3 Å². The minimum Gasteiger partial charge on any atom is -0.381 e. The van der Waals surface area contributed by atoms with Crippen LogP contribution >= 0.6 is 0 Å². The van der Waals surface area contributed by atoms with Gasteiger partial charge in [0.05, 0.1) is 23.9 Å². The maximum atomic E-state index is 13.1. The number of pyridine rings is 1. The van der Waals surface area contributed by atoms with Crippen molar-refractivity contribution in [1.29, 1.82) is 0 Å². The van der Waals surface area contributed by atoms with Gasteiger partial charge in [0, 0.05) is 24.8 Å². The van der Waals surface area contributed by atoms with E-state index in [-0.39, 0.29) is 12.1 Å². The summed E-state index contributed by atoms with van der Waals surface area (Å²) in [5.41, 5.74) is 4.85. The average Bonchev–Trinajstić information content (AvgIpc) is 3.45. The third-order valence-electron chi connectivity index (χ3n) is 7.91. The van der Waals surface area contributed by atoms with Crippen molar-refractivity contribution in [1.82, 2.24) is 20.1 Å². The number of aromatic nitrogens is 3. The molecule has 4 aromatic carbocycles. The smallest absolute Gasteiger partial charge is 0.320 e. The zero-order valence-corrected chi connectivity index (χ0v) is 25.3. The average molecular weight is 594 g/mol. The normalized spacial score (nSPS) is 12.3. The van der Waals surface area contributed by atoms with E-state index in [9.17, 15) is 4.79 Å². The van der Waals surface area contributed by atoms with Crippen LogP contribution in [0.1, 0.15) is 40.9 Å². The van der Waals surface area contributed by atoms with E-state index >= 15 is 0 Å². The second-order valence-corrected chi connectivity index (χ2v) is 10.8. The third kappa shape index (κ3) is 5.98. The molecule has 45 heavy (non-hydrogen) atoms. The number of urea groups is 1. The molecule has 6 rings (SSSR count). The molecule has 0 saturated heterocycles. The molecule has 7 nitrogen and oxygen atoms in total. The summed E-state index contributed by atoms with van der Waals surface area (Å²) >= 11 is 0. The van der Waals surface area contributed by atoms with Crippen molar-refractivity contribution in [2.45, 2.75) is 18.5 Å². The second kappa shape index (κ2) is 13.4. The number of anilines is 1. The summed E-state index contributed by atoms with van der Waals surface area (Å²) in [6.45, 7) is 2.40. The molecule has 7 heteroatoms. The Bertz CT molecular complexity index is 1790. The first-order valence-corrected chi connectivity index (χ1v) is 14.9. The molecule has 0 aliphatic rings. The molecule has 0 aliphatic heterocycles. The van der Waals surface area contributed by atoms with Crippen LogP contribution in [0.4, 0.5) is 10.6 Å². The standard InChI is InChI=1S/C38H35N5O2/c1-28(29-16-7-3-8-17-29)40-37(44)41-36-26-35-33(27-39-36)34(24-15-25-45-2)42-43(35)38(30-18-9-4-10-19-30,31-20-11-5-12-21-31)32-22-13-6-14-23-32/h3-24,26-28H,25H2,1-2H3,(H2,39,40,41,44). The van der Waals surface area contributed by atoms with E-state index in [0.29, 0.717) is 12.4 Å². The molecule has 2 heterocycles. The highest BCUT2D eigenvalue weighted by molar-refractivity contribution is 5.93.